The van der Waals surface area contributed by atoms with Crippen molar-refractivity contribution in [3.8, 4) is 5.69 Å². The fraction of sp³-hybridized carbons (Fsp3) is 0. The lowest BCUT2D eigenvalue weighted by Crippen LogP contribution is -1.99. The van der Waals surface area contributed by atoms with Crippen LogP contribution in [-0.4, -0.2) is 26.2 Å². The van der Waals surface area contributed by atoms with Crippen molar-refractivity contribution < 1.29 is 14.1 Å². The predicted octanol–water partition coefficient (Wildman–Crippen LogP) is 1.13. The lowest BCUT2D eigenvalue weighted by molar-refractivity contribution is -0.385. The molecule has 0 amide bonds. The molecule has 2 rings (SSSR count). The molecule has 0 N–H and O–H groups in total. The van der Waals surface area contributed by atoms with E-state index < -0.39 is 10.7 Å². The third-order valence-electron chi connectivity index (χ3n) is 2.02. The van der Waals surface area contributed by atoms with Crippen LogP contribution in [0, 0.1) is 15.9 Å². The van der Waals surface area contributed by atoms with Gasteiger partial charge in [0.1, 0.15) is 11.4 Å². The number of aldehydes is 1. The van der Waals surface area contributed by atoms with Gasteiger partial charge in [-0.1, -0.05) is 5.21 Å². The van der Waals surface area contributed by atoms with Gasteiger partial charge in [-0.2, -0.15) is 0 Å². The van der Waals surface area contributed by atoms with Gasteiger partial charge in [0.2, 0.25) is 0 Å². The van der Waals surface area contributed by atoms with E-state index in [1.807, 2.05) is 0 Å². The SMILES string of the molecule is O=Cc1cn(-c2ccc([N+](=O)[O-])cc2F)nn1. The van der Waals surface area contributed by atoms with Crippen LogP contribution >= 0.6 is 0 Å². The highest BCUT2D eigenvalue weighted by atomic mass is 19.1. The van der Waals surface area contributed by atoms with Crippen LogP contribution < -0.4 is 0 Å². The number of nitro groups is 1. The Balaban J connectivity index is 2.46. The molecular formula is C9H5FN4O3. The number of hydrogen-bond acceptors (Lipinski definition) is 5. The second kappa shape index (κ2) is 4.08. The third kappa shape index (κ3) is 2.00. The minimum Gasteiger partial charge on any atom is -0.296 e. The molecule has 0 bridgehead atoms. The van der Waals surface area contributed by atoms with E-state index in [1.54, 1.807) is 0 Å². The maximum atomic E-state index is 13.5. The molecule has 0 atom stereocenters. The Labute approximate surface area is 93.6 Å². The van der Waals surface area contributed by atoms with E-state index in [4.69, 9.17) is 0 Å². The normalized spacial score (nSPS) is 10.2. The Morgan fingerprint density at radius 3 is 2.76 bits per heavy atom. The quantitative estimate of drug-likeness (QED) is 0.452. The van der Waals surface area contributed by atoms with Crippen LogP contribution in [0.2, 0.25) is 0 Å². The highest BCUT2D eigenvalue weighted by Crippen LogP contribution is 2.18. The molecule has 0 aliphatic heterocycles. The minimum atomic E-state index is -0.818. The molecule has 2 aromatic rings. The third-order valence-corrected chi connectivity index (χ3v) is 2.02. The topological polar surface area (TPSA) is 90.9 Å². The molecule has 8 heteroatoms. The molecule has 86 valence electrons. The molecule has 7 nitrogen and oxygen atoms in total. The summed E-state index contributed by atoms with van der Waals surface area (Å²) >= 11 is 0. The average molecular weight is 236 g/mol. The standard InChI is InChI=1S/C9H5FN4O3/c10-8-3-7(14(16)17)1-2-9(8)13-4-6(5-15)11-12-13/h1-5H. The molecule has 1 aromatic carbocycles. The predicted molar refractivity (Wildman–Crippen MR) is 53.4 cm³/mol. The maximum absolute atomic E-state index is 13.5. The van der Waals surface area contributed by atoms with Crippen LogP contribution in [-0.2, 0) is 0 Å². The summed E-state index contributed by atoms with van der Waals surface area (Å²) in [4.78, 5) is 20.1. The first-order chi connectivity index (χ1) is 8.11. The summed E-state index contributed by atoms with van der Waals surface area (Å²) in [6, 6.07) is 3.11. The van der Waals surface area contributed by atoms with Crippen molar-refractivity contribution >= 4 is 12.0 Å². The number of rotatable bonds is 3. The van der Waals surface area contributed by atoms with Crippen LogP contribution in [0.3, 0.4) is 0 Å². The summed E-state index contributed by atoms with van der Waals surface area (Å²) in [5, 5.41) is 17.4. The lowest BCUT2D eigenvalue weighted by atomic mass is 10.2. The number of benzene rings is 1. The second-order valence-electron chi connectivity index (χ2n) is 3.10. The molecular weight excluding hydrogens is 231 g/mol. The van der Waals surface area contributed by atoms with Crippen molar-refractivity contribution in [2.45, 2.75) is 0 Å². The van der Waals surface area contributed by atoms with E-state index in [0.29, 0.717) is 6.29 Å². The van der Waals surface area contributed by atoms with Gasteiger partial charge in [-0.15, -0.1) is 5.10 Å². The zero-order valence-electron chi connectivity index (χ0n) is 8.28. The largest absolute Gasteiger partial charge is 0.296 e. The Morgan fingerprint density at radius 2 is 2.24 bits per heavy atom. The fourth-order valence-corrected chi connectivity index (χ4v) is 1.24. The van der Waals surface area contributed by atoms with Crippen LogP contribution in [0.4, 0.5) is 10.1 Å². The lowest BCUT2D eigenvalue weighted by Gasteiger charge is -2.00. The van der Waals surface area contributed by atoms with Gasteiger partial charge in [-0.3, -0.25) is 14.9 Å². The Hall–Kier alpha value is -2.64. The van der Waals surface area contributed by atoms with Crippen molar-refractivity contribution in [3.63, 3.8) is 0 Å². The van der Waals surface area contributed by atoms with Crippen molar-refractivity contribution in [3.05, 3.63) is 46.0 Å². The summed E-state index contributed by atoms with van der Waals surface area (Å²) in [6.07, 6.45) is 1.68. The highest BCUT2D eigenvalue weighted by Gasteiger charge is 2.13. The molecule has 1 aromatic heterocycles. The van der Waals surface area contributed by atoms with E-state index in [-0.39, 0.29) is 17.1 Å². The molecule has 1 heterocycles. The van der Waals surface area contributed by atoms with Gasteiger partial charge >= 0.3 is 0 Å². The van der Waals surface area contributed by atoms with E-state index in [2.05, 4.69) is 10.3 Å². The number of carbonyl (C=O) groups is 1. The van der Waals surface area contributed by atoms with E-state index in [0.717, 1.165) is 16.8 Å². The smallest absolute Gasteiger partial charge is 0.272 e. The maximum Gasteiger partial charge on any atom is 0.272 e. The van der Waals surface area contributed by atoms with Gasteiger partial charge in [0.15, 0.2) is 12.1 Å². The summed E-state index contributed by atoms with van der Waals surface area (Å²) in [7, 11) is 0. The second-order valence-corrected chi connectivity index (χ2v) is 3.10. The Bertz CT molecular complexity index is 596. The Morgan fingerprint density at radius 1 is 1.47 bits per heavy atom. The molecule has 0 saturated heterocycles. The number of carbonyl (C=O) groups excluding carboxylic acids is 1. The van der Waals surface area contributed by atoms with Gasteiger partial charge in [-0.25, -0.2) is 9.07 Å². The van der Waals surface area contributed by atoms with Gasteiger partial charge in [0, 0.05) is 6.07 Å². The number of non-ortho nitro benzene ring substituents is 1. The van der Waals surface area contributed by atoms with E-state index in [9.17, 15) is 19.3 Å². The summed E-state index contributed by atoms with van der Waals surface area (Å²) in [5.74, 6) is -0.818. The molecule has 0 unspecified atom stereocenters. The van der Waals surface area contributed by atoms with Crippen LogP contribution in [0.15, 0.2) is 24.4 Å². The van der Waals surface area contributed by atoms with Gasteiger partial charge in [0.05, 0.1) is 17.2 Å². The first kappa shape index (κ1) is 10.9. The molecule has 0 aliphatic rings. The van der Waals surface area contributed by atoms with Crippen LogP contribution in [0.1, 0.15) is 10.5 Å². The molecule has 17 heavy (non-hydrogen) atoms. The summed E-state index contributed by atoms with van der Waals surface area (Å²) in [5.41, 5.74) is -0.332. The number of hydrogen-bond donors (Lipinski definition) is 0. The van der Waals surface area contributed by atoms with E-state index >= 15 is 0 Å². The molecule has 0 radical (unpaired) electrons. The number of halogens is 1. The monoisotopic (exact) mass is 236 g/mol. The molecule has 0 fully saturated rings. The van der Waals surface area contributed by atoms with Crippen molar-refractivity contribution in [2.24, 2.45) is 0 Å². The van der Waals surface area contributed by atoms with Gasteiger partial charge in [-0.05, 0) is 6.07 Å². The van der Waals surface area contributed by atoms with Crippen molar-refractivity contribution in [1.82, 2.24) is 15.0 Å². The zero-order chi connectivity index (χ0) is 12.4. The summed E-state index contributed by atoms with van der Waals surface area (Å²) in [6.45, 7) is 0. The first-order valence-electron chi connectivity index (χ1n) is 4.43. The summed E-state index contributed by atoms with van der Waals surface area (Å²) < 4.78 is 14.6. The zero-order valence-corrected chi connectivity index (χ0v) is 8.28. The average Bonchev–Trinajstić information content (AvgIpc) is 2.77. The molecule has 0 saturated carbocycles. The fourth-order valence-electron chi connectivity index (χ4n) is 1.24. The number of nitro benzene ring substituents is 1. The van der Waals surface area contributed by atoms with Gasteiger partial charge < -0.3 is 0 Å². The van der Waals surface area contributed by atoms with Crippen molar-refractivity contribution in [1.29, 1.82) is 0 Å². The minimum absolute atomic E-state index is 0.0174. The first-order valence-corrected chi connectivity index (χ1v) is 4.43. The van der Waals surface area contributed by atoms with Crippen LogP contribution in [0.5, 0.6) is 0 Å². The highest BCUT2D eigenvalue weighted by molar-refractivity contribution is 5.70. The Kier molecular flexibility index (Phi) is 2.61. The van der Waals surface area contributed by atoms with Crippen LogP contribution in [0.25, 0.3) is 5.69 Å². The van der Waals surface area contributed by atoms with Gasteiger partial charge in [0.25, 0.3) is 5.69 Å². The number of nitrogens with zero attached hydrogens (tertiary/aromatic N) is 4. The molecule has 0 aliphatic carbocycles. The van der Waals surface area contributed by atoms with E-state index in [1.165, 1.54) is 12.3 Å². The number of aromatic nitrogens is 3. The van der Waals surface area contributed by atoms with Crippen molar-refractivity contribution in [2.75, 3.05) is 0 Å². The molecule has 0 spiro atoms.